The summed E-state index contributed by atoms with van der Waals surface area (Å²) in [6.07, 6.45) is 3.31. The molecule has 0 unspecified atom stereocenters. The van der Waals surface area contributed by atoms with E-state index in [1.807, 2.05) is 0 Å². The van der Waals surface area contributed by atoms with Gasteiger partial charge in [-0.3, -0.25) is 4.79 Å². The Morgan fingerprint density at radius 2 is 2.28 bits per heavy atom. The minimum absolute atomic E-state index is 0.233. The van der Waals surface area contributed by atoms with E-state index in [1.54, 1.807) is 0 Å². The largest absolute Gasteiger partial charge is 0.349 e. The number of hydrogen-bond acceptors (Lipinski definition) is 4. The Kier molecular flexibility index (Phi) is 2.51. The molecule has 6 nitrogen and oxygen atoms in total. The summed E-state index contributed by atoms with van der Waals surface area (Å²) in [7, 11) is 0. The highest BCUT2D eigenvalue weighted by Gasteiger charge is 2.25. The van der Waals surface area contributed by atoms with Crippen molar-refractivity contribution in [3.05, 3.63) is 35.9 Å². The van der Waals surface area contributed by atoms with Crippen molar-refractivity contribution in [2.75, 3.05) is 0 Å². The first-order valence-corrected chi connectivity index (χ1v) is 5.58. The van der Waals surface area contributed by atoms with Crippen LogP contribution in [-0.2, 0) is 0 Å². The number of rotatable bonds is 3. The van der Waals surface area contributed by atoms with Crippen molar-refractivity contribution >= 4 is 5.91 Å². The lowest BCUT2D eigenvalue weighted by molar-refractivity contribution is 0.0951. The van der Waals surface area contributed by atoms with Gasteiger partial charge in [0.2, 0.25) is 0 Å². The van der Waals surface area contributed by atoms with Crippen LogP contribution in [0.5, 0.6) is 0 Å². The third-order valence-corrected chi connectivity index (χ3v) is 2.71. The zero-order valence-corrected chi connectivity index (χ0v) is 9.38. The Balaban J connectivity index is 1.99. The highest BCUT2D eigenvalue weighted by atomic mass is 19.1. The van der Waals surface area contributed by atoms with Crippen LogP contribution in [0.2, 0.25) is 0 Å². The van der Waals surface area contributed by atoms with E-state index in [4.69, 9.17) is 0 Å². The first-order valence-electron chi connectivity index (χ1n) is 5.58. The summed E-state index contributed by atoms with van der Waals surface area (Å²) in [5.41, 5.74) is 0.689. The fourth-order valence-electron chi connectivity index (χ4n) is 1.65. The summed E-state index contributed by atoms with van der Waals surface area (Å²) < 4.78 is 14.5. The molecular formula is C11H10FN5O. The van der Waals surface area contributed by atoms with Gasteiger partial charge in [-0.05, 0) is 35.4 Å². The third-order valence-electron chi connectivity index (χ3n) is 2.71. The lowest BCUT2D eigenvalue weighted by Gasteiger charge is -2.08. The molecule has 1 aromatic carbocycles. The van der Waals surface area contributed by atoms with E-state index in [0.717, 1.165) is 12.8 Å². The molecule has 0 spiro atoms. The second kappa shape index (κ2) is 4.17. The average molecular weight is 247 g/mol. The molecule has 1 amide bonds. The minimum Gasteiger partial charge on any atom is -0.349 e. The maximum Gasteiger partial charge on any atom is 0.253 e. The highest BCUT2D eigenvalue weighted by Crippen LogP contribution is 2.21. The molecule has 7 heteroatoms. The molecule has 1 aliphatic rings. The van der Waals surface area contributed by atoms with Crippen molar-refractivity contribution in [1.29, 1.82) is 0 Å². The van der Waals surface area contributed by atoms with Crippen molar-refractivity contribution in [1.82, 2.24) is 25.5 Å². The Hall–Kier alpha value is -2.31. The molecule has 1 aliphatic carbocycles. The van der Waals surface area contributed by atoms with Gasteiger partial charge in [0, 0.05) is 12.1 Å². The van der Waals surface area contributed by atoms with Crippen molar-refractivity contribution < 1.29 is 9.18 Å². The molecule has 92 valence electrons. The van der Waals surface area contributed by atoms with Gasteiger partial charge >= 0.3 is 0 Å². The van der Waals surface area contributed by atoms with E-state index < -0.39 is 5.82 Å². The molecule has 0 radical (unpaired) electrons. The summed E-state index contributed by atoms with van der Waals surface area (Å²) >= 11 is 0. The van der Waals surface area contributed by atoms with Gasteiger partial charge in [0.25, 0.3) is 5.91 Å². The predicted octanol–water partition coefficient (Wildman–Crippen LogP) is 0.694. The number of aromatic nitrogens is 4. The zero-order chi connectivity index (χ0) is 12.5. The van der Waals surface area contributed by atoms with Gasteiger partial charge in [-0.1, -0.05) is 0 Å². The fourth-order valence-corrected chi connectivity index (χ4v) is 1.65. The SMILES string of the molecule is O=C(NC1CC1)c1ccc(F)cc1-n1cnnn1. The van der Waals surface area contributed by atoms with Crippen LogP contribution in [0.3, 0.4) is 0 Å². The number of carbonyl (C=O) groups excluding carboxylic acids is 1. The number of halogens is 1. The number of carbonyl (C=O) groups is 1. The number of amides is 1. The molecular weight excluding hydrogens is 237 g/mol. The summed E-state index contributed by atoms with van der Waals surface area (Å²) in [4.78, 5) is 12.0. The Bertz CT molecular complexity index is 579. The number of hydrogen-bond donors (Lipinski definition) is 1. The molecule has 0 saturated heterocycles. The van der Waals surface area contributed by atoms with Crippen LogP contribution < -0.4 is 5.32 Å². The standard InChI is InChI=1S/C11H10FN5O/c12-7-1-4-9(11(18)14-8-2-3-8)10(5-7)17-6-13-15-16-17/h1,4-6,8H,2-3H2,(H,14,18). The van der Waals surface area contributed by atoms with Crippen LogP contribution >= 0.6 is 0 Å². The van der Waals surface area contributed by atoms with E-state index in [0.29, 0.717) is 11.3 Å². The summed E-state index contributed by atoms with van der Waals surface area (Å²) in [6.45, 7) is 0. The Morgan fingerprint density at radius 3 is 2.94 bits per heavy atom. The molecule has 1 heterocycles. The van der Waals surface area contributed by atoms with Crippen LogP contribution in [0, 0.1) is 5.82 Å². The molecule has 1 N–H and O–H groups in total. The maximum absolute atomic E-state index is 13.3. The quantitative estimate of drug-likeness (QED) is 0.866. The highest BCUT2D eigenvalue weighted by molar-refractivity contribution is 5.98. The van der Waals surface area contributed by atoms with Gasteiger partial charge in [-0.25, -0.2) is 4.39 Å². The van der Waals surface area contributed by atoms with E-state index in [1.165, 1.54) is 29.2 Å². The van der Waals surface area contributed by atoms with Gasteiger partial charge in [0.15, 0.2) is 0 Å². The molecule has 1 saturated carbocycles. The topological polar surface area (TPSA) is 72.7 Å². The van der Waals surface area contributed by atoms with Crippen molar-refractivity contribution in [2.45, 2.75) is 18.9 Å². The van der Waals surface area contributed by atoms with Gasteiger partial charge in [0.05, 0.1) is 11.3 Å². The zero-order valence-electron chi connectivity index (χ0n) is 9.38. The third kappa shape index (κ3) is 2.06. The second-order valence-electron chi connectivity index (χ2n) is 4.16. The van der Waals surface area contributed by atoms with Crippen molar-refractivity contribution in [3.8, 4) is 5.69 Å². The fraction of sp³-hybridized carbons (Fsp3) is 0.273. The van der Waals surface area contributed by atoms with Crippen LogP contribution in [-0.4, -0.2) is 32.2 Å². The lowest BCUT2D eigenvalue weighted by atomic mass is 10.1. The van der Waals surface area contributed by atoms with Gasteiger partial charge in [0.1, 0.15) is 12.1 Å². The van der Waals surface area contributed by atoms with Crippen LogP contribution in [0.4, 0.5) is 4.39 Å². The lowest BCUT2D eigenvalue weighted by Crippen LogP contribution is -2.26. The monoisotopic (exact) mass is 247 g/mol. The molecule has 0 bridgehead atoms. The molecule has 0 aliphatic heterocycles. The molecule has 3 rings (SSSR count). The molecule has 1 aromatic heterocycles. The smallest absolute Gasteiger partial charge is 0.253 e. The van der Waals surface area contributed by atoms with E-state index in [9.17, 15) is 9.18 Å². The Morgan fingerprint density at radius 1 is 1.44 bits per heavy atom. The summed E-state index contributed by atoms with van der Waals surface area (Å²) in [5, 5.41) is 13.5. The maximum atomic E-state index is 13.3. The van der Waals surface area contributed by atoms with Crippen molar-refractivity contribution in [3.63, 3.8) is 0 Å². The van der Waals surface area contributed by atoms with E-state index in [-0.39, 0.29) is 11.9 Å². The molecule has 2 aromatic rings. The van der Waals surface area contributed by atoms with Gasteiger partial charge in [-0.2, -0.15) is 4.68 Å². The van der Waals surface area contributed by atoms with Crippen LogP contribution in [0.25, 0.3) is 5.69 Å². The van der Waals surface area contributed by atoms with E-state index >= 15 is 0 Å². The van der Waals surface area contributed by atoms with Crippen LogP contribution in [0.15, 0.2) is 24.5 Å². The number of nitrogens with one attached hydrogen (secondary N) is 1. The average Bonchev–Trinajstić information content (AvgIpc) is 3.00. The summed E-state index contributed by atoms with van der Waals surface area (Å²) in [5.74, 6) is -0.675. The summed E-state index contributed by atoms with van der Waals surface area (Å²) in [6, 6.07) is 4.15. The molecule has 18 heavy (non-hydrogen) atoms. The van der Waals surface area contributed by atoms with Gasteiger partial charge in [-0.15, -0.1) is 5.10 Å². The number of tetrazole rings is 1. The first kappa shape index (κ1) is 10.8. The molecule has 0 atom stereocenters. The minimum atomic E-state index is -0.441. The van der Waals surface area contributed by atoms with Crippen molar-refractivity contribution in [2.24, 2.45) is 0 Å². The second-order valence-corrected chi connectivity index (χ2v) is 4.16. The number of benzene rings is 1. The van der Waals surface area contributed by atoms with Gasteiger partial charge < -0.3 is 5.32 Å². The Labute approximate surface area is 102 Å². The first-order chi connectivity index (χ1) is 8.74. The van der Waals surface area contributed by atoms with Crippen LogP contribution in [0.1, 0.15) is 23.2 Å². The predicted molar refractivity (Wildman–Crippen MR) is 59.6 cm³/mol. The van der Waals surface area contributed by atoms with E-state index in [2.05, 4.69) is 20.8 Å². The number of nitrogens with zero attached hydrogens (tertiary/aromatic N) is 4. The normalized spacial score (nSPS) is 14.5. The molecule has 1 fully saturated rings.